The minimum Gasteiger partial charge on any atom is -0.327 e. The van der Waals surface area contributed by atoms with Crippen LogP contribution in [0.25, 0.3) is 11.3 Å². The van der Waals surface area contributed by atoms with Gasteiger partial charge in [0, 0.05) is 23.6 Å². The van der Waals surface area contributed by atoms with E-state index in [1.165, 1.54) is 5.56 Å². The minimum atomic E-state index is -0.501. The van der Waals surface area contributed by atoms with Crippen molar-refractivity contribution in [1.82, 2.24) is 9.55 Å². The molecule has 0 fully saturated rings. The van der Waals surface area contributed by atoms with Gasteiger partial charge in [-0.15, -0.1) is 0 Å². The fourth-order valence-corrected chi connectivity index (χ4v) is 3.57. The molecular formula is C22H20N2O2. The number of hydrogen-bond donors (Lipinski definition) is 0. The molecule has 26 heavy (non-hydrogen) atoms. The number of Topliss-reactive ketones (excluding diaryl/α,β-unsaturated/α-hetero) is 2. The van der Waals surface area contributed by atoms with Gasteiger partial charge in [0.25, 0.3) is 5.78 Å². The second-order valence-electron chi connectivity index (χ2n) is 6.91. The zero-order valence-corrected chi connectivity index (χ0v) is 14.9. The van der Waals surface area contributed by atoms with Crippen molar-refractivity contribution in [3.05, 3.63) is 77.2 Å². The Hall–Kier alpha value is -3.01. The Morgan fingerprint density at radius 1 is 0.885 bits per heavy atom. The van der Waals surface area contributed by atoms with Gasteiger partial charge in [0.2, 0.25) is 5.78 Å². The summed E-state index contributed by atoms with van der Waals surface area (Å²) in [6.07, 6.45) is 0.841. The highest BCUT2D eigenvalue weighted by atomic mass is 16.2. The SMILES string of the molecule is CC(C)c1nc2c(n1CCc1ccccc1)-c1ccccc1C(=O)C2=O. The maximum Gasteiger partial charge on any atom is 0.254 e. The molecule has 0 amide bonds. The van der Waals surface area contributed by atoms with E-state index >= 15 is 0 Å². The fraction of sp³-hybridized carbons (Fsp3) is 0.227. The zero-order valence-electron chi connectivity index (χ0n) is 14.9. The molecule has 0 aliphatic heterocycles. The monoisotopic (exact) mass is 344 g/mol. The van der Waals surface area contributed by atoms with Gasteiger partial charge in [-0.25, -0.2) is 4.98 Å². The average Bonchev–Trinajstić information content (AvgIpc) is 3.05. The van der Waals surface area contributed by atoms with Gasteiger partial charge in [-0.2, -0.15) is 0 Å². The largest absolute Gasteiger partial charge is 0.327 e. The maximum atomic E-state index is 12.6. The summed E-state index contributed by atoms with van der Waals surface area (Å²) < 4.78 is 2.12. The molecular weight excluding hydrogens is 324 g/mol. The van der Waals surface area contributed by atoms with E-state index in [0.29, 0.717) is 11.3 Å². The van der Waals surface area contributed by atoms with Crippen LogP contribution >= 0.6 is 0 Å². The molecule has 0 N–H and O–H groups in total. The van der Waals surface area contributed by atoms with Gasteiger partial charge < -0.3 is 4.57 Å². The summed E-state index contributed by atoms with van der Waals surface area (Å²) in [5.74, 6) is 0.0467. The first-order valence-corrected chi connectivity index (χ1v) is 8.90. The topological polar surface area (TPSA) is 52.0 Å². The maximum absolute atomic E-state index is 12.6. The highest BCUT2D eigenvalue weighted by Crippen LogP contribution is 2.35. The molecule has 0 saturated heterocycles. The lowest BCUT2D eigenvalue weighted by atomic mass is 9.90. The van der Waals surface area contributed by atoms with E-state index < -0.39 is 11.6 Å². The Bertz CT molecular complexity index is 1000. The van der Waals surface area contributed by atoms with Crippen LogP contribution in [0.1, 0.15) is 52.0 Å². The van der Waals surface area contributed by atoms with Crippen LogP contribution in [0, 0.1) is 0 Å². The predicted molar refractivity (Wildman–Crippen MR) is 101 cm³/mol. The predicted octanol–water partition coefficient (Wildman–Crippen LogP) is 4.30. The molecule has 0 atom stereocenters. The third kappa shape index (κ3) is 2.58. The summed E-state index contributed by atoms with van der Waals surface area (Å²) >= 11 is 0. The van der Waals surface area contributed by atoms with E-state index in [0.717, 1.165) is 30.0 Å². The molecule has 1 heterocycles. The molecule has 0 radical (unpaired) electrons. The summed E-state index contributed by atoms with van der Waals surface area (Å²) in [6.45, 7) is 4.84. The lowest BCUT2D eigenvalue weighted by molar-refractivity contribution is 0.0812. The van der Waals surface area contributed by atoms with Crippen LogP contribution in [-0.2, 0) is 13.0 Å². The van der Waals surface area contributed by atoms with E-state index in [2.05, 4.69) is 35.5 Å². The summed E-state index contributed by atoms with van der Waals surface area (Å²) in [7, 11) is 0. The van der Waals surface area contributed by atoms with Gasteiger partial charge in [-0.05, 0) is 12.0 Å². The number of fused-ring (bicyclic) bond motifs is 3. The number of imidazole rings is 1. The minimum absolute atomic E-state index is 0.159. The Kier molecular flexibility index (Phi) is 4.03. The first-order valence-electron chi connectivity index (χ1n) is 8.90. The number of rotatable bonds is 4. The first-order chi connectivity index (χ1) is 12.6. The lowest BCUT2D eigenvalue weighted by Gasteiger charge is -2.18. The van der Waals surface area contributed by atoms with Crippen molar-refractivity contribution >= 4 is 11.6 Å². The quantitative estimate of drug-likeness (QED) is 0.663. The molecule has 2 aromatic carbocycles. The van der Waals surface area contributed by atoms with Crippen LogP contribution in [0.4, 0.5) is 0 Å². The lowest BCUT2D eigenvalue weighted by Crippen LogP contribution is -2.22. The molecule has 1 aliphatic carbocycles. The number of nitrogens with zero attached hydrogens (tertiary/aromatic N) is 2. The molecule has 1 aliphatic rings. The first kappa shape index (κ1) is 16.5. The molecule has 0 bridgehead atoms. The van der Waals surface area contributed by atoms with Crippen LogP contribution in [0.15, 0.2) is 54.6 Å². The van der Waals surface area contributed by atoms with Crippen LogP contribution in [0.2, 0.25) is 0 Å². The van der Waals surface area contributed by atoms with Gasteiger partial charge in [-0.1, -0.05) is 68.4 Å². The summed E-state index contributed by atoms with van der Waals surface area (Å²) in [5.41, 5.74) is 3.59. The standard InChI is InChI=1S/C22H20N2O2/c1-14(2)22-23-18-19(24(22)13-12-15-8-4-3-5-9-15)16-10-6-7-11-17(16)20(25)21(18)26/h3-11,14H,12-13H2,1-2H3. The number of carbonyl (C=O) groups excluding carboxylic acids is 2. The Morgan fingerprint density at radius 3 is 2.23 bits per heavy atom. The summed E-state index contributed by atoms with van der Waals surface area (Å²) in [6, 6.07) is 17.6. The Morgan fingerprint density at radius 2 is 1.54 bits per heavy atom. The van der Waals surface area contributed by atoms with Crippen molar-refractivity contribution in [1.29, 1.82) is 0 Å². The van der Waals surface area contributed by atoms with Crippen LogP contribution in [0.5, 0.6) is 0 Å². The third-order valence-corrected chi connectivity index (χ3v) is 4.83. The molecule has 130 valence electrons. The third-order valence-electron chi connectivity index (χ3n) is 4.83. The number of aryl methyl sites for hydroxylation is 1. The van der Waals surface area contributed by atoms with E-state index in [9.17, 15) is 9.59 Å². The summed E-state index contributed by atoms with van der Waals surface area (Å²) in [4.78, 5) is 29.7. The molecule has 0 unspecified atom stereocenters. The number of benzene rings is 2. The van der Waals surface area contributed by atoms with E-state index in [4.69, 9.17) is 0 Å². The molecule has 4 heteroatoms. The number of carbonyl (C=O) groups is 2. The second kappa shape index (κ2) is 6.37. The summed E-state index contributed by atoms with van der Waals surface area (Å²) in [5, 5.41) is 0. The molecule has 0 saturated carbocycles. The van der Waals surface area contributed by atoms with E-state index in [-0.39, 0.29) is 5.92 Å². The van der Waals surface area contributed by atoms with Gasteiger partial charge in [0.1, 0.15) is 11.5 Å². The van der Waals surface area contributed by atoms with Crippen molar-refractivity contribution in [2.24, 2.45) is 0 Å². The fourth-order valence-electron chi connectivity index (χ4n) is 3.57. The van der Waals surface area contributed by atoms with Crippen molar-refractivity contribution in [2.45, 2.75) is 32.7 Å². The van der Waals surface area contributed by atoms with Crippen molar-refractivity contribution in [3.63, 3.8) is 0 Å². The molecule has 0 spiro atoms. The highest BCUT2D eigenvalue weighted by Gasteiger charge is 2.35. The van der Waals surface area contributed by atoms with Crippen LogP contribution in [0.3, 0.4) is 0 Å². The van der Waals surface area contributed by atoms with Gasteiger partial charge >= 0.3 is 0 Å². The average molecular weight is 344 g/mol. The zero-order chi connectivity index (χ0) is 18.3. The van der Waals surface area contributed by atoms with E-state index in [1.807, 2.05) is 30.3 Å². The van der Waals surface area contributed by atoms with Crippen LogP contribution < -0.4 is 0 Å². The molecule has 4 nitrogen and oxygen atoms in total. The van der Waals surface area contributed by atoms with Crippen molar-refractivity contribution < 1.29 is 9.59 Å². The smallest absolute Gasteiger partial charge is 0.254 e. The normalized spacial score (nSPS) is 13.0. The number of hydrogen-bond acceptors (Lipinski definition) is 3. The van der Waals surface area contributed by atoms with E-state index in [1.54, 1.807) is 12.1 Å². The molecule has 3 aromatic rings. The van der Waals surface area contributed by atoms with Crippen molar-refractivity contribution in [2.75, 3.05) is 0 Å². The van der Waals surface area contributed by atoms with Crippen molar-refractivity contribution in [3.8, 4) is 11.3 Å². The van der Waals surface area contributed by atoms with Crippen LogP contribution in [-0.4, -0.2) is 21.1 Å². The van der Waals surface area contributed by atoms with Gasteiger partial charge in [0.15, 0.2) is 0 Å². The Balaban J connectivity index is 1.86. The number of aromatic nitrogens is 2. The Labute approximate surface area is 152 Å². The second-order valence-corrected chi connectivity index (χ2v) is 6.91. The number of ketones is 2. The van der Waals surface area contributed by atoms with Gasteiger partial charge in [-0.3, -0.25) is 9.59 Å². The highest BCUT2D eigenvalue weighted by molar-refractivity contribution is 6.52. The molecule has 4 rings (SSSR count). The molecule has 1 aromatic heterocycles. The van der Waals surface area contributed by atoms with Gasteiger partial charge in [0.05, 0.1) is 5.69 Å².